The van der Waals surface area contributed by atoms with Crippen LogP contribution in [-0.4, -0.2) is 12.6 Å². The first kappa shape index (κ1) is 14.7. The van der Waals surface area contributed by atoms with Crippen LogP contribution in [0.4, 0.5) is 0 Å². The predicted octanol–water partition coefficient (Wildman–Crippen LogP) is 5.25. The molecule has 0 heterocycles. The van der Waals surface area contributed by atoms with Gasteiger partial charge in [-0.2, -0.15) is 0 Å². The van der Waals surface area contributed by atoms with E-state index in [1.54, 1.807) is 0 Å². The molecule has 24 heavy (non-hydrogen) atoms. The second-order valence-electron chi connectivity index (χ2n) is 5.94. The Hall–Kier alpha value is -2.87. The van der Waals surface area contributed by atoms with Crippen LogP contribution in [0.1, 0.15) is 12.5 Å². The lowest BCUT2D eigenvalue weighted by atomic mass is 9.91. The third-order valence-corrected chi connectivity index (χ3v) is 4.50. The number of carbonyl (C=O) groups excluding carboxylic acids is 1. The Morgan fingerprint density at radius 2 is 1.58 bits per heavy atom. The Morgan fingerprint density at radius 1 is 0.917 bits per heavy atom. The summed E-state index contributed by atoms with van der Waals surface area (Å²) in [5.74, 6) is -0.282. The van der Waals surface area contributed by atoms with Crippen LogP contribution in [0.2, 0.25) is 0 Å². The van der Waals surface area contributed by atoms with Gasteiger partial charge < -0.3 is 4.74 Å². The highest BCUT2D eigenvalue weighted by Crippen LogP contribution is 2.35. The molecule has 0 saturated heterocycles. The predicted molar refractivity (Wildman–Crippen MR) is 99.6 cm³/mol. The summed E-state index contributed by atoms with van der Waals surface area (Å²) in [5, 5.41) is 7.68. The molecule has 0 aliphatic rings. The van der Waals surface area contributed by atoms with Crippen molar-refractivity contribution in [1.29, 1.82) is 0 Å². The van der Waals surface area contributed by atoms with Gasteiger partial charge in [-0.05, 0) is 51.2 Å². The zero-order valence-corrected chi connectivity index (χ0v) is 13.6. The van der Waals surface area contributed by atoms with Gasteiger partial charge in [0.1, 0.15) is 0 Å². The minimum absolute atomic E-state index is 0.282. The third kappa shape index (κ3) is 2.41. The van der Waals surface area contributed by atoms with E-state index < -0.39 is 0 Å². The van der Waals surface area contributed by atoms with Gasteiger partial charge in [0.25, 0.3) is 0 Å². The molecule has 0 bridgehead atoms. The van der Waals surface area contributed by atoms with Gasteiger partial charge in [-0.3, -0.25) is 0 Å². The fourth-order valence-electron chi connectivity index (χ4n) is 3.45. The minimum Gasteiger partial charge on any atom is -0.463 e. The monoisotopic (exact) mass is 314 g/mol. The van der Waals surface area contributed by atoms with E-state index in [2.05, 4.69) is 54.6 Å². The van der Waals surface area contributed by atoms with E-state index in [0.29, 0.717) is 13.0 Å². The molecule has 0 radical (unpaired) electrons. The lowest BCUT2D eigenvalue weighted by molar-refractivity contribution is -0.137. The highest BCUT2D eigenvalue weighted by molar-refractivity contribution is 6.23. The van der Waals surface area contributed by atoms with E-state index in [9.17, 15) is 4.79 Å². The molecule has 2 nitrogen and oxygen atoms in total. The normalized spacial score (nSPS) is 11.9. The fraction of sp³-hybridized carbons (Fsp3) is 0.136. The Labute approximate surface area is 140 Å². The Kier molecular flexibility index (Phi) is 3.66. The van der Waals surface area contributed by atoms with Crippen LogP contribution < -0.4 is 0 Å². The summed E-state index contributed by atoms with van der Waals surface area (Å²) in [6.45, 7) is 2.22. The molecular formula is C22H18O2. The average Bonchev–Trinajstić information content (AvgIpc) is 2.61. The number of hydrogen-bond donors (Lipinski definition) is 0. The van der Waals surface area contributed by atoms with Gasteiger partial charge in [-0.25, -0.2) is 4.79 Å². The number of esters is 1. The minimum atomic E-state index is -0.282. The van der Waals surface area contributed by atoms with Crippen molar-refractivity contribution in [1.82, 2.24) is 0 Å². The fourth-order valence-corrected chi connectivity index (χ4v) is 3.45. The van der Waals surface area contributed by atoms with Crippen molar-refractivity contribution in [3.63, 3.8) is 0 Å². The highest BCUT2D eigenvalue weighted by atomic mass is 16.5. The topological polar surface area (TPSA) is 26.3 Å². The summed E-state index contributed by atoms with van der Waals surface area (Å²) in [7, 11) is 0. The molecule has 0 N–H and O–H groups in total. The lowest BCUT2D eigenvalue weighted by Gasteiger charge is -2.13. The summed E-state index contributed by atoms with van der Waals surface area (Å²) in [4.78, 5) is 11.5. The maximum absolute atomic E-state index is 11.5. The molecule has 4 aromatic carbocycles. The Bertz CT molecular complexity index is 1040. The van der Waals surface area contributed by atoms with Crippen LogP contribution >= 0.6 is 0 Å². The molecule has 0 aliphatic carbocycles. The molecule has 0 aromatic heterocycles. The molecule has 0 unspecified atom stereocenters. The zero-order chi connectivity index (χ0) is 16.5. The van der Waals surface area contributed by atoms with E-state index in [0.717, 1.165) is 0 Å². The van der Waals surface area contributed by atoms with Gasteiger partial charge in [0, 0.05) is 6.08 Å². The van der Waals surface area contributed by atoms with E-state index in [4.69, 9.17) is 4.74 Å². The van der Waals surface area contributed by atoms with Crippen molar-refractivity contribution in [2.75, 3.05) is 6.61 Å². The van der Waals surface area contributed by atoms with Crippen LogP contribution in [-0.2, 0) is 16.0 Å². The molecule has 4 rings (SSSR count). The van der Waals surface area contributed by atoms with Gasteiger partial charge in [-0.15, -0.1) is 0 Å². The standard InChI is InChI=1S/C22H18O2/c1-2-24-20(23)8-4-5-15-9-10-18-12-11-16-6-3-7-17-13-14-19(15)22(18)21(16)17/h3-4,6-14H,2,5H2,1H3/b8-4+. The van der Waals surface area contributed by atoms with Crippen molar-refractivity contribution in [2.24, 2.45) is 0 Å². The molecule has 0 atom stereocenters. The van der Waals surface area contributed by atoms with Crippen molar-refractivity contribution in [2.45, 2.75) is 13.3 Å². The van der Waals surface area contributed by atoms with Gasteiger partial charge in [0.15, 0.2) is 0 Å². The van der Waals surface area contributed by atoms with E-state index in [1.165, 1.54) is 44.0 Å². The molecular weight excluding hydrogens is 296 g/mol. The molecule has 118 valence electrons. The number of hydrogen-bond acceptors (Lipinski definition) is 2. The number of allylic oxidation sites excluding steroid dienone is 1. The number of benzene rings is 4. The first-order valence-corrected chi connectivity index (χ1v) is 8.26. The van der Waals surface area contributed by atoms with Gasteiger partial charge >= 0.3 is 5.97 Å². The summed E-state index contributed by atoms with van der Waals surface area (Å²) in [6, 6.07) is 19.5. The van der Waals surface area contributed by atoms with E-state index >= 15 is 0 Å². The maximum Gasteiger partial charge on any atom is 0.330 e. The molecule has 0 aliphatic heterocycles. The second kappa shape index (κ2) is 5.97. The third-order valence-electron chi connectivity index (χ3n) is 4.50. The lowest BCUT2D eigenvalue weighted by Crippen LogP contribution is -1.99. The average molecular weight is 314 g/mol. The van der Waals surface area contributed by atoms with E-state index in [-0.39, 0.29) is 5.97 Å². The summed E-state index contributed by atoms with van der Waals surface area (Å²) >= 11 is 0. The quantitative estimate of drug-likeness (QED) is 0.292. The molecule has 0 amide bonds. The summed E-state index contributed by atoms with van der Waals surface area (Å²) < 4.78 is 4.93. The van der Waals surface area contributed by atoms with Crippen LogP contribution in [0.15, 0.2) is 66.7 Å². The molecule has 0 saturated carbocycles. The van der Waals surface area contributed by atoms with Crippen LogP contribution in [0.3, 0.4) is 0 Å². The number of carbonyl (C=O) groups is 1. The van der Waals surface area contributed by atoms with Crippen LogP contribution in [0.25, 0.3) is 32.3 Å². The highest BCUT2D eigenvalue weighted by Gasteiger charge is 2.09. The molecule has 4 aromatic rings. The second-order valence-corrected chi connectivity index (χ2v) is 5.94. The molecule has 0 spiro atoms. The van der Waals surface area contributed by atoms with Gasteiger partial charge in [0.2, 0.25) is 0 Å². The summed E-state index contributed by atoms with van der Waals surface area (Å²) in [6.07, 6.45) is 4.11. The van der Waals surface area contributed by atoms with Crippen molar-refractivity contribution in [3.8, 4) is 0 Å². The number of rotatable bonds is 4. The largest absolute Gasteiger partial charge is 0.463 e. The summed E-state index contributed by atoms with van der Waals surface area (Å²) in [5.41, 5.74) is 1.22. The number of ether oxygens (including phenoxy) is 1. The first-order chi connectivity index (χ1) is 11.8. The van der Waals surface area contributed by atoms with Gasteiger partial charge in [-0.1, -0.05) is 60.7 Å². The van der Waals surface area contributed by atoms with Crippen molar-refractivity contribution in [3.05, 3.63) is 72.3 Å². The smallest absolute Gasteiger partial charge is 0.330 e. The van der Waals surface area contributed by atoms with Crippen molar-refractivity contribution >= 4 is 38.3 Å². The van der Waals surface area contributed by atoms with E-state index in [1.807, 2.05) is 13.0 Å². The molecule has 2 heteroatoms. The van der Waals surface area contributed by atoms with Crippen LogP contribution in [0.5, 0.6) is 0 Å². The Morgan fingerprint density at radius 3 is 2.33 bits per heavy atom. The maximum atomic E-state index is 11.5. The Balaban J connectivity index is 1.84. The molecule has 0 fully saturated rings. The van der Waals surface area contributed by atoms with Crippen LogP contribution in [0, 0.1) is 0 Å². The van der Waals surface area contributed by atoms with Crippen molar-refractivity contribution < 1.29 is 9.53 Å². The SMILES string of the molecule is CCOC(=O)/C=C/Cc1ccc2ccc3cccc4ccc1c2c34. The zero-order valence-electron chi connectivity index (χ0n) is 13.6. The first-order valence-electron chi connectivity index (χ1n) is 8.26. The van der Waals surface area contributed by atoms with Gasteiger partial charge in [0.05, 0.1) is 6.61 Å².